The molecule has 136 valence electrons. The third-order valence-electron chi connectivity index (χ3n) is 4.61. The Balaban J connectivity index is 1.56. The van der Waals surface area contributed by atoms with Gasteiger partial charge in [-0.3, -0.25) is 19.5 Å². The van der Waals surface area contributed by atoms with Crippen LogP contribution in [0.2, 0.25) is 0 Å². The molecule has 0 radical (unpaired) electrons. The summed E-state index contributed by atoms with van der Waals surface area (Å²) >= 11 is 0. The van der Waals surface area contributed by atoms with Crippen molar-refractivity contribution in [1.82, 2.24) is 30.2 Å². The van der Waals surface area contributed by atoms with E-state index in [1.54, 1.807) is 6.07 Å². The number of aliphatic hydroxyl groups is 1. The summed E-state index contributed by atoms with van der Waals surface area (Å²) in [5.74, 6) is -0.244. The number of nitrogens with one attached hydrogen (secondary N) is 2. The summed E-state index contributed by atoms with van der Waals surface area (Å²) in [5.41, 5.74) is 2.60. The first-order valence-corrected chi connectivity index (χ1v) is 8.80. The number of likely N-dealkylation sites (tertiary alicyclic amines) is 1. The summed E-state index contributed by atoms with van der Waals surface area (Å²) in [6.07, 6.45) is 5.30. The van der Waals surface area contributed by atoms with Crippen molar-refractivity contribution in [1.29, 1.82) is 0 Å². The van der Waals surface area contributed by atoms with Crippen molar-refractivity contribution in [3.63, 3.8) is 0 Å². The number of carbonyl (C=O) groups excluding carboxylic acids is 1. The molecule has 0 aromatic carbocycles. The quantitative estimate of drug-likeness (QED) is 0.685. The Morgan fingerprint density at radius 3 is 3.04 bits per heavy atom. The molecule has 3 rings (SSSR count). The topological polar surface area (TPSA) is 99.1 Å². The lowest BCUT2D eigenvalue weighted by Crippen LogP contribution is -2.43. The fourth-order valence-corrected chi connectivity index (χ4v) is 3.16. The standard InChI is InChI=1S/C17H26N6O2/c1-3-4-7-23-9-13(12(2)21-23)8-22-10-15(16(24)11-22)19-17(25)14-5-6-18-20-14/h5-6,9,15-16,24H,3-4,7-8,10-11H2,1-2H3,(H,18,20)(H,19,25)/t15-,16-/m1/s1. The van der Waals surface area contributed by atoms with E-state index in [1.165, 1.54) is 11.8 Å². The number of β-amino-alcohol motifs (C(OH)–C–C–N with tert-alkyl or cyclic N) is 1. The molecule has 2 aromatic heterocycles. The van der Waals surface area contributed by atoms with Gasteiger partial charge in [0, 0.05) is 44.1 Å². The molecule has 1 fully saturated rings. The van der Waals surface area contributed by atoms with E-state index < -0.39 is 6.10 Å². The van der Waals surface area contributed by atoms with Crippen LogP contribution in [0, 0.1) is 6.92 Å². The van der Waals surface area contributed by atoms with E-state index in [1.807, 2.05) is 11.6 Å². The molecule has 3 heterocycles. The van der Waals surface area contributed by atoms with E-state index in [4.69, 9.17) is 0 Å². The van der Waals surface area contributed by atoms with E-state index in [9.17, 15) is 9.90 Å². The molecule has 2 aromatic rings. The van der Waals surface area contributed by atoms with Crippen LogP contribution in [0.1, 0.15) is 41.5 Å². The molecular formula is C17H26N6O2. The van der Waals surface area contributed by atoms with Gasteiger partial charge in [-0.25, -0.2) is 0 Å². The lowest BCUT2D eigenvalue weighted by atomic mass is 10.2. The van der Waals surface area contributed by atoms with Crippen LogP contribution in [0.15, 0.2) is 18.5 Å². The van der Waals surface area contributed by atoms with Crippen LogP contribution >= 0.6 is 0 Å². The number of H-pyrrole nitrogens is 1. The largest absolute Gasteiger partial charge is 0.390 e. The molecule has 8 heteroatoms. The molecule has 1 amide bonds. The van der Waals surface area contributed by atoms with Crippen LogP contribution < -0.4 is 5.32 Å². The van der Waals surface area contributed by atoms with Crippen LogP contribution in [0.3, 0.4) is 0 Å². The maximum Gasteiger partial charge on any atom is 0.269 e. The van der Waals surface area contributed by atoms with Gasteiger partial charge in [-0.15, -0.1) is 0 Å². The van der Waals surface area contributed by atoms with Gasteiger partial charge in [-0.2, -0.15) is 10.2 Å². The molecule has 0 unspecified atom stereocenters. The summed E-state index contributed by atoms with van der Waals surface area (Å²) in [5, 5.41) is 24.1. The number of aliphatic hydroxyl groups excluding tert-OH is 1. The van der Waals surface area contributed by atoms with Gasteiger partial charge < -0.3 is 10.4 Å². The second-order valence-electron chi connectivity index (χ2n) is 6.67. The molecule has 0 aliphatic carbocycles. The lowest BCUT2D eigenvalue weighted by Gasteiger charge is -2.16. The Hall–Kier alpha value is -2.19. The second-order valence-corrected chi connectivity index (χ2v) is 6.67. The summed E-state index contributed by atoms with van der Waals surface area (Å²) < 4.78 is 2.00. The minimum Gasteiger partial charge on any atom is -0.390 e. The summed E-state index contributed by atoms with van der Waals surface area (Å²) in [4.78, 5) is 14.3. The summed E-state index contributed by atoms with van der Waals surface area (Å²) in [6, 6.07) is 1.33. The highest BCUT2D eigenvalue weighted by molar-refractivity contribution is 5.92. The number of aryl methyl sites for hydroxylation is 2. The van der Waals surface area contributed by atoms with Crippen LogP contribution in [0.25, 0.3) is 0 Å². The van der Waals surface area contributed by atoms with Gasteiger partial charge >= 0.3 is 0 Å². The van der Waals surface area contributed by atoms with Crippen molar-refractivity contribution in [2.45, 2.75) is 51.9 Å². The highest BCUT2D eigenvalue weighted by atomic mass is 16.3. The fraction of sp³-hybridized carbons (Fsp3) is 0.588. The Morgan fingerprint density at radius 1 is 1.48 bits per heavy atom. The number of amides is 1. The van der Waals surface area contributed by atoms with Crippen LogP contribution in [0.4, 0.5) is 0 Å². The second kappa shape index (κ2) is 7.79. The van der Waals surface area contributed by atoms with Crippen molar-refractivity contribution in [3.8, 4) is 0 Å². The molecule has 0 bridgehead atoms. The van der Waals surface area contributed by atoms with Crippen molar-refractivity contribution in [2.75, 3.05) is 13.1 Å². The van der Waals surface area contributed by atoms with E-state index in [-0.39, 0.29) is 11.9 Å². The predicted octanol–water partition coefficient (Wildman–Crippen LogP) is 0.690. The lowest BCUT2D eigenvalue weighted by molar-refractivity contribution is 0.0883. The zero-order chi connectivity index (χ0) is 17.8. The van der Waals surface area contributed by atoms with E-state index in [0.717, 1.165) is 31.6 Å². The average molecular weight is 346 g/mol. The number of aromatic nitrogens is 4. The monoisotopic (exact) mass is 346 g/mol. The van der Waals surface area contributed by atoms with Gasteiger partial charge in [0.15, 0.2) is 0 Å². The summed E-state index contributed by atoms with van der Waals surface area (Å²) in [7, 11) is 0. The van der Waals surface area contributed by atoms with Gasteiger partial charge in [-0.05, 0) is 19.4 Å². The predicted molar refractivity (Wildman–Crippen MR) is 93.0 cm³/mol. The smallest absolute Gasteiger partial charge is 0.269 e. The molecule has 1 aliphatic rings. The molecule has 2 atom stereocenters. The number of hydrogen-bond donors (Lipinski definition) is 3. The summed E-state index contributed by atoms with van der Waals surface area (Å²) in [6.45, 7) is 6.99. The molecule has 0 spiro atoms. The maximum absolute atomic E-state index is 12.1. The minimum atomic E-state index is -0.581. The molecule has 1 aliphatic heterocycles. The third kappa shape index (κ3) is 4.26. The normalized spacial score (nSPS) is 20.9. The van der Waals surface area contributed by atoms with Gasteiger partial charge in [0.1, 0.15) is 5.69 Å². The molecule has 0 saturated carbocycles. The van der Waals surface area contributed by atoms with Crippen molar-refractivity contribution < 1.29 is 9.90 Å². The zero-order valence-electron chi connectivity index (χ0n) is 14.8. The van der Waals surface area contributed by atoms with Crippen molar-refractivity contribution in [2.24, 2.45) is 0 Å². The van der Waals surface area contributed by atoms with E-state index in [2.05, 4.69) is 38.6 Å². The molecule has 25 heavy (non-hydrogen) atoms. The Bertz CT molecular complexity index is 696. The van der Waals surface area contributed by atoms with Gasteiger partial charge in [-0.1, -0.05) is 13.3 Å². The van der Waals surface area contributed by atoms with Gasteiger partial charge in [0.25, 0.3) is 5.91 Å². The molecule has 8 nitrogen and oxygen atoms in total. The highest BCUT2D eigenvalue weighted by Gasteiger charge is 2.33. The molecule has 3 N–H and O–H groups in total. The highest BCUT2D eigenvalue weighted by Crippen LogP contribution is 2.17. The SMILES string of the molecule is CCCCn1cc(CN2C[C@@H](O)[C@H](NC(=O)c3ccn[nH]3)C2)c(C)n1. The Kier molecular flexibility index (Phi) is 5.50. The molecular weight excluding hydrogens is 320 g/mol. The first-order valence-electron chi connectivity index (χ1n) is 8.80. The first-order chi connectivity index (χ1) is 12.1. The zero-order valence-corrected chi connectivity index (χ0v) is 14.8. The van der Waals surface area contributed by atoms with Crippen LogP contribution in [-0.2, 0) is 13.1 Å². The van der Waals surface area contributed by atoms with Crippen molar-refractivity contribution in [3.05, 3.63) is 35.4 Å². The first kappa shape index (κ1) is 17.6. The van der Waals surface area contributed by atoms with E-state index >= 15 is 0 Å². The van der Waals surface area contributed by atoms with Gasteiger partial charge in [0.2, 0.25) is 0 Å². The number of unbranched alkanes of at least 4 members (excludes halogenated alkanes) is 1. The number of carbonyl (C=O) groups is 1. The Labute approximate surface area is 147 Å². The number of aromatic amines is 1. The fourth-order valence-electron chi connectivity index (χ4n) is 3.16. The maximum atomic E-state index is 12.1. The average Bonchev–Trinajstić information content (AvgIpc) is 3.29. The van der Waals surface area contributed by atoms with E-state index in [0.29, 0.717) is 18.8 Å². The number of rotatable bonds is 7. The molecule has 1 saturated heterocycles. The van der Waals surface area contributed by atoms with Gasteiger partial charge in [0.05, 0.1) is 17.8 Å². The number of hydrogen-bond acceptors (Lipinski definition) is 5. The number of nitrogens with zero attached hydrogens (tertiary/aromatic N) is 4. The minimum absolute atomic E-state index is 0.244. The van der Waals surface area contributed by atoms with Crippen LogP contribution in [0.5, 0.6) is 0 Å². The van der Waals surface area contributed by atoms with Crippen LogP contribution in [-0.4, -0.2) is 61.1 Å². The Morgan fingerprint density at radius 2 is 2.32 bits per heavy atom. The third-order valence-corrected chi connectivity index (χ3v) is 4.61. The van der Waals surface area contributed by atoms with Crippen molar-refractivity contribution >= 4 is 5.91 Å².